The summed E-state index contributed by atoms with van der Waals surface area (Å²) in [6.45, 7) is 2.02. The van der Waals surface area contributed by atoms with Crippen molar-refractivity contribution in [1.82, 2.24) is 20.6 Å². The first kappa shape index (κ1) is 15.2. The van der Waals surface area contributed by atoms with Crippen molar-refractivity contribution in [1.29, 1.82) is 0 Å². The Morgan fingerprint density at radius 1 is 1.04 bits per heavy atom. The molecule has 0 aliphatic rings. The third kappa shape index (κ3) is 3.37. The zero-order valence-corrected chi connectivity index (χ0v) is 13.2. The second kappa shape index (κ2) is 6.17. The average Bonchev–Trinajstić information content (AvgIpc) is 3.10. The molecule has 2 N–H and O–H groups in total. The molecular formula is C15H15N5O2S. The lowest BCUT2D eigenvalue weighted by atomic mass is 10.2. The second-order valence-corrected chi connectivity index (χ2v) is 6.60. The molecule has 0 saturated carbocycles. The second-order valence-electron chi connectivity index (χ2n) is 4.92. The molecule has 118 valence electrons. The first-order valence-corrected chi connectivity index (χ1v) is 8.52. The predicted octanol–water partition coefficient (Wildman–Crippen LogP) is 2.23. The Hall–Kier alpha value is -2.74. The molecule has 1 heterocycles. The van der Waals surface area contributed by atoms with Crippen LogP contribution in [0.1, 0.15) is 12.5 Å². The van der Waals surface area contributed by atoms with Crippen LogP contribution in [0.15, 0.2) is 53.4 Å². The first-order valence-electron chi connectivity index (χ1n) is 7.04. The lowest BCUT2D eigenvalue weighted by Gasteiger charge is -2.09. The zero-order valence-electron chi connectivity index (χ0n) is 12.4. The number of rotatable bonds is 5. The molecule has 3 aromatic rings. The van der Waals surface area contributed by atoms with E-state index in [1.807, 2.05) is 19.1 Å². The summed E-state index contributed by atoms with van der Waals surface area (Å²) >= 11 is 0. The minimum absolute atomic E-state index is 0.233. The topological polar surface area (TPSA) is 101 Å². The van der Waals surface area contributed by atoms with E-state index in [9.17, 15) is 8.42 Å². The summed E-state index contributed by atoms with van der Waals surface area (Å²) in [6, 6.07) is 13.6. The fraction of sp³-hybridized carbons (Fsp3) is 0.133. The largest absolute Gasteiger partial charge is 0.280 e. The molecule has 0 aliphatic carbocycles. The van der Waals surface area contributed by atoms with E-state index < -0.39 is 10.0 Å². The number of aromatic amines is 1. The maximum atomic E-state index is 12.4. The van der Waals surface area contributed by atoms with Gasteiger partial charge in [-0.3, -0.25) is 4.72 Å². The molecule has 3 rings (SSSR count). The molecule has 2 aromatic carbocycles. The Kier molecular flexibility index (Phi) is 4.07. The van der Waals surface area contributed by atoms with Crippen molar-refractivity contribution in [3.05, 3.63) is 54.1 Å². The number of nitrogens with zero attached hydrogens (tertiary/aromatic N) is 3. The highest BCUT2D eigenvalue weighted by Crippen LogP contribution is 2.20. The lowest BCUT2D eigenvalue weighted by Crippen LogP contribution is -2.12. The van der Waals surface area contributed by atoms with Crippen LogP contribution in [0.3, 0.4) is 0 Å². The number of nitrogens with one attached hydrogen (secondary N) is 2. The van der Waals surface area contributed by atoms with Crippen molar-refractivity contribution in [2.24, 2.45) is 0 Å². The van der Waals surface area contributed by atoms with Gasteiger partial charge in [0.05, 0.1) is 4.90 Å². The van der Waals surface area contributed by atoms with Crippen LogP contribution in [0.4, 0.5) is 5.69 Å². The van der Waals surface area contributed by atoms with Crippen molar-refractivity contribution in [2.75, 3.05) is 4.72 Å². The highest BCUT2D eigenvalue weighted by Gasteiger charge is 2.14. The summed E-state index contributed by atoms with van der Waals surface area (Å²) in [5.74, 6) is 0.453. The molecule has 0 spiro atoms. The SMILES string of the molecule is CCc1ccc(S(=O)(=O)Nc2ccc(-c3nn[nH]n3)cc2)cc1. The molecule has 1 aromatic heterocycles. The number of benzene rings is 2. The molecule has 0 amide bonds. The molecule has 0 atom stereocenters. The number of H-pyrrole nitrogens is 1. The molecular weight excluding hydrogens is 314 g/mol. The van der Waals surface area contributed by atoms with Gasteiger partial charge in [-0.15, -0.1) is 10.2 Å². The fourth-order valence-electron chi connectivity index (χ4n) is 2.09. The van der Waals surface area contributed by atoms with Gasteiger partial charge in [-0.2, -0.15) is 5.21 Å². The minimum Gasteiger partial charge on any atom is -0.280 e. The van der Waals surface area contributed by atoms with Gasteiger partial charge in [-0.1, -0.05) is 19.1 Å². The van der Waals surface area contributed by atoms with E-state index >= 15 is 0 Å². The van der Waals surface area contributed by atoms with Crippen molar-refractivity contribution >= 4 is 15.7 Å². The molecule has 23 heavy (non-hydrogen) atoms. The van der Waals surface area contributed by atoms with Crippen LogP contribution in [-0.4, -0.2) is 29.0 Å². The van der Waals surface area contributed by atoms with Gasteiger partial charge in [-0.05, 0) is 53.6 Å². The van der Waals surface area contributed by atoms with E-state index in [0.29, 0.717) is 11.5 Å². The van der Waals surface area contributed by atoms with E-state index in [-0.39, 0.29) is 4.90 Å². The van der Waals surface area contributed by atoms with Gasteiger partial charge in [0.15, 0.2) is 0 Å². The van der Waals surface area contributed by atoms with Crippen molar-refractivity contribution in [3.8, 4) is 11.4 Å². The van der Waals surface area contributed by atoms with Gasteiger partial charge >= 0.3 is 0 Å². The number of tetrazole rings is 1. The average molecular weight is 329 g/mol. The quantitative estimate of drug-likeness (QED) is 0.747. The van der Waals surface area contributed by atoms with Crippen LogP contribution in [0.5, 0.6) is 0 Å². The number of hydrogen-bond acceptors (Lipinski definition) is 5. The Balaban J connectivity index is 1.79. The maximum Gasteiger partial charge on any atom is 0.261 e. The van der Waals surface area contributed by atoms with Crippen LogP contribution in [0.2, 0.25) is 0 Å². The van der Waals surface area contributed by atoms with Crippen LogP contribution in [0, 0.1) is 0 Å². The molecule has 8 heteroatoms. The molecule has 0 bridgehead atoms. The summed E-state index contributed by atoms with van der Waals surface area (Å²) in [5.41, 5.74) is 2.30. The van der Waals surface area contributed by atoms with Gasteiger partial charge in [0.25, 0.3) is 10.0 Å². The van der Waals surface area contributed by atoms with Gasteiger partial charge in [-0.25, -0.2) is 8.42 Å². The maximum absolute atomic E-state index is 12.4. The monoisotopic (exact) mass is 329 g/mol. The summed E-state index contributed by atoms with van der Waals surface area (Å²) in [6.07, 6.45) is 0.866. The Bertz CT molecular complexity index is 873. The third-order valence-electron chi connectivity index (χ3n) is 3.38. The summed E-state index contributed by atoms with van der Waals surface area (Å²) in [7, 11) is -3.60. The van der Waals surface area contributed by atoms with E-state index in [4.69, 9.17) is 0 Å². The van der Waals surface area contributed by atoms with E-state index in [1.54, 1.807) is 36.4 Å². The molecule has 0 fully saturated rings. The Labute approximate surface area is 133 Å². The van der Waals surface area contributed by atoms with E-state index in [2.05, 4.69) is 25.3 Å². The molecule has 0 aliphatic heterocycles. The fourth-order valence-corrected chi connectivity index (χ4v) is 3.15. The summed E-state index contributed by atoms with van der Waals surface area (Å²) in [4.78, 5) is 0.233. The Morgan fingerprint density at radius 3 is 2.30 bits per heavy atom. The van der Waals surface area contributed by atoms with Crippen LogP contribution in [0.25, 0.3) is 11.4 Å². The molecule has 7 nitrogen and oxygen atoms in total. The predicted molar refractivity (Wildman–Crippen MR) is 86.2 cm³/mol. The standard InChI is InChI=1S/C15H15N5O2S/c1-2-11-3-9-14(10-4-11)23(21,22)18-13-7-5-12(6-8-13)15-16-19-20-17-15/h3-10,18H,2H2,1H3,(H,16,17,19,20). The number of hydrogen-bond donors (Lipinski definition) is 2. The summed E-state index contributed by atoms with van der Waals surface area (Å²) in [5, 5.41) is 13.6. The smallest absolute Gasteiger partial charge is 0.261 e. The van der Waals surface area contributed by atoms with Gasteiger partial charge in [0.1, 0.15) is 0 Å². The van der Waals surface area contributed by atoms with Gasteiger partial charge < -0.3 is 0 Å². The molecule has 0 saturated heterocycles. The lowest BCUT2D eigenvalue weighted by molar-refractivity contribution is 0.601. The van der Waals surface area contributed by atoms with Gasteiger partial charge in [0.2, 0.25) is 5.82 Å². The number of anilines is 1. The molecule has 0 unspecified atom stereocenters. The molecule has 0 radical (unpaired) electrons. The highest BCUT2D eigenvalue weighted by molar-refractivity contribution is 7.92. The van der Waals surface area contributed by atoms with Crippen LogP contribution < -0.4 is 4.72 Å². The van der Waals surface area contributed by atoms with Crippen molar-refractivity contribution in [2.45, 2.75) is 18.2 Å². The van der Waals surface area contributed by atoms with E-state index in [0.717, 1.165) is 17.5 Å². The minimum atomic E-state index is -3.60. The van der Waals surface area contributed by atoms with Gasteiger partial charge in [0, 0.05) is 11.3 Å². The number of aromatic nitrogens is 4. The number of aryl methyl sites for hydroxylation is 1. The Morgan fingerprint density at radius 2 is 1.74 bits per heavy atom. The first-order chi connectivity index (χ1) is 11.1. The number of sulfonamides is 1. The summed E-state index contributed by atoms with van der Waals surface area (Å²) < 4.78 is 27.3. The van der Waals surface area contributed by atoms with Crippen molar-refractivity contribution < 1.29 is 8.42 Å². The van der Waals surface area contributed by atoms with Crippen LogP contribution >= 0.6 is 0 Å². The zero-order chi connectivity index (χ0) is 16.3. The normalized spacial score (nSPS) is 11.3. The van der Waals surface area contributed by atoms with Crippen LogP contribution in [-0.2, 0) is 16.4 Å². The third-order valence-corrected chi connectivity index (χ3v) is 4.78. The highest BCUT2D eigenvalue weighted by atomic mass is 32.2. The van der Waals surface area contributed by atoms with E-state index in [1.165, 1.54) is 0 Å². The van der Waals surface area contributed by atoms with Crippen molar-refractivity contribution in [3.63, 3.8) is 0 Å².